The molecular formula is C13H10BrClO2S. The summed E-state index contributed by atoms with van der Waals surface area (Å²) in [5.41, 5.74) is 0.820. The van der Waals surface area contributed by atoms with Crippen molar-refractivity contribution in [1.82, 2.24) is 0 Å². The van der Waals surface area contributed by atoms with Crippen LogP contribution in [0.15, 0.2) is 34.1 Å². The number of rotatable bonds is 4. The zero-order chi connectivity index (χ0) is 13.1. The number of ether oxygens (including phenoxy) is 1. The maximum absolute atomic E-state index is 12.2. The van der Waals surface area contributed by atoms with Crippen LogP contribution in [0.25, 0.3) is 0 Å². The van der Waals surface area contributed by atoms with Crippen molar-refractivity contribution in [2.75, 3.05) is 7.11 Å². The maximum atomic E-state index is 12.2. The molecule has 0 amide bonds. The summed E-state index contributed by atoms with van der Waals surface area (Å²) in [6.07, 6.45) is 0.281. The van der Waals surface area contributed by atoms with Gasteiger partial charge in [-0.05, 0) is 29.1 Å². The van der Waals surface area contributed by atoms with E-state index in [9.17, 15) is 4.79 Å². The first-order valence-electron chi connectivity index (χ1n) is 5.20. The van der Waals surface area contributed by atoms with E-state index >= 15 is 0 Å². The molecule has 2 aromatic rings. The highest BCUT2D eigenvalue weighted by atomic mass is 79.9. The SMILES string of the molecule is COc1ccsc1C(=O)Cc1ccc(Br)cc1Cl. The molecule has 0 bridgehead atoms. The van der Waals surface area contributed by atoms with E-state index in [2.05, 4.69) is 15.9 Å². The van der Waals surface area contributed by atoms with Gasteiger partial charge in [0.05, 0.1) is 7.11 Å². The minimum absolute atomic E-state index is 0.0195. The van der Waals surface area contributed by atoms with Crippen LogP contribution < -0.4 is 4.74 Å². The van der Waals surface area contributed by atoms with Crippen molar-refractivity contribution in [3.8, 4) is 5.75 Å². The summed E-state index contributed by atoms with van der Waals surface area (Å²) >= 11 is 10.8. The fraction of sp³-hybridized carbons (Fsp3) is 0.154. The topological polar surface area (TPSA) is 26.3 Å². The molecule has 0 unspecified atom stereocenters. The van der Waals surface area contributed by atoms with Gasteiger partial charge < -0.3 is 4.74 Å². The first-order valence-corrected chi connectivity index (χ1v) is 7.25. The second kappa shape index (κ2) is 5.87. The van der Waals surface area contributed by atoms with E-state index in [1.54, 1.807) is 19.2 Å². The molecule has 0 spiro atoms. The monoisotopic (exact) mass is 344 g/mol. The molecule has 0 aliphatic rings. The first kappa shape index (κ1) is 13.6. The van der Waals surface area contributed by atoms with Gasteiger partial charge in [-0.2, -0.15) is 0 Å². The van der Waals surface area contributed by atoms with Gasteiger partial charge in [-0.1, -0.05) is 33.6 Å². The molecule has 1 aromatic heterocycles. The Hall–Kier alpha value is -0.840. The standard InChI is InChI=1S/C13H10BrClO2S/c1-17-12-4-5-18-13(12)11(16)6-8-2-3-9(14)7-10(8)15/h2-5,7H,6H2,1H3. The number of hydrogen-bond acceptors (Lipinski definition) is 3. The molecule has 0 atom stereocenters. The van der Waals surface area contributed by atoms with Crippen molar-refractivity contribution in [3.05, 3.63) is 49.6 Å². The summed E-state index contributed by atoms with van der Waals surface area (Å²) < 4.78 is 6.04. The normalized spacial score (nSPS) is 10.4. The quantitative estimate of drug-likeness (QED) is 0.757. The van der Waals surface area contributed by atoms with Crippen molar-refractivity contribution < 1.29 is 9.53 Å². The van der Waals surface area contributed by atoms with Crippen molar-refractivity contribution in [2.24, 2.45) is 0 Å². The fourth-order valence-corrected chi connectivity index (χ4v) is 3.12. The van der Waals surface area contributed by atoms with Crippen LogP contribution in [0.4, 0.5) is 0 Å². The lowest BCUT2D eigenvalue weighted by atomic mass is 10.1. The van der Waals surface area contributed by atoms with Crippen LogP contribution >= 0.6 is 38.9 Å². The van der Waals surface area contributed by atoms with Crippen LogP contribution in [0, 0.1) is 0 Å². The number of carbonyl (C=O) groups excluding carboxylic acids is 1. The van der Waals surface area contributed by atoms with Crippen molar-refractivity contribution in [2.45, 2.75) is 6.42 Å². The Bertz CT molecular complexity index is 580. The highest BCUT2D eigenvalue weighted by molar-refractivity contribution is 9.10. The molecule has 1 heterocycles. The molecule has 18 heavy (non-hydrogen) atoms. The van der Waals surface area contributed by atoms with Gasteiger partial charge in [-0.25, -0.2) is 0 Å². The summed E-state index contributed by atoms with van der Waals surface area (Å²) in [7, 11) is 1.56. The first-order chi connectivity index (χ1) is 8.61. The number of ketones is 1. The van der Waals surface area contributed by atoms with Gasteiger partial charge in [0.1, 0.15) is 10.6 Å². The van der Waals surface area contributed by atoms with Crippen LogP contribution in [0.2, 0.25) is 5.02 Å². The lowest BCUT2D eigenvalue weighted by Crippen LogP contribution is -2.03. The molecule has 0 aliphatic carbocycles. The Morgan fingerprint density at radius 1 is 1.44 bits per heavy atom. The Morgan fingerprint density at radius 3 is 2.89 bits per heavy atom. The lowest BCUT2D eigenvalue weighted by molar-refractivity contribution is 0.0994. The maximum Gasteiger partial charge on any atom is 0.180 e. The summed E-state index contributed by atoms with van der Waals surface area (Å²) in [5.74, 6) is 0.643. The Kier molecular flexibility index (Phi) is 4.43. The number of benzene rings is 1. The number of carbonyl (C=O) groups is 1. The highest BCUT2D eigenvalue weighted by Gasteiger charge is 2.15. The molecule has 1 aromatic carbocycles. The summed E-state index contributed by atoms with van der Waals surface area (Å²) in [6, 6.07) is 7.31. The van der Waals surface area contributed by atoms with E-state index in [1.165, 1.54) is 11.3 Å². The zero-order valence-corrected chi connectivity index (χ0v) is 12.7. The highest BCUT2D eigenvalue weighted by Crippen LogP contribution is 2.28. The molecule has 0 saturated carbocycles. The van der Waals surface area contributed by atoms with Crippen LogP contribution in [0.3, 0.4) is 0 Å². The van der Waals surface area contributed by atoms with Gasteiger partial charge in [0, 0.05) is 15.9 Å². The van der Waals surface area contributed by atoms with E-state index in [4.69, 9.17) is 16.3 Å². The largest absolute Gasteiger partial charge is 0.495 e. The van der Waals surface area contributed by atoms with E-state index in [1.807, 2.05) is 17.5 Å². The Labute approximate surface area is 123 Å². The van der Waals surface area contributed by atoms with Crippen molar-refractivity contribution in [3.63, 3.8) is 0 Å². The number of hydrogen-bond donors (Lipinski definition) is 0. The third kappa shape index (κ3) is 2.94. The summed E-state index contributed by atoms with van der Waals surface area (Å²) in [6.45, 7) is 0. The van der Waals surface area contributed by atoms with Crippen molar-refractivity contribution >= 4 is 44.7 Å². The molecule has 5 heteroatoms. The summed E-state index contributed by atoms with van der Waals surface area (Å²) in [5, 5.41) is 2.43. The number of methoxy groups -OCH3 is 1. The molecule has 2 nitrogen and oxygen atoms in total. The molecule has 2 rings (SSSR count). The van der Waals surface area contributed by atoms with Gasteiger partial charge >= 0.3 is 0 Å². The van der Waals surface area contributed by atoms with Crippen LogP contribution in [0.5, 0.6) is 5.75 Å². The van der Waals surface area contributed by atoms with Gasteiger partial charge in [-0.15, -0.1) is 11.3 Å². The zero-order valence-electron chi connectivity index (χ0n) is 9.57. The Morgan fingerprint density at radius 2 is 2.22 bits per heavy atom. The average molecular weight is 346 g/mol. The van der Waals surface area contributed by atoms with E-state index in [0.29, 0.717) is 15.6 Å². The van der Waals surface area contributed by atoms with Crippen LogP contribution in [-0.4, -0.2) is 12.9 Å². The molecule has 0 radical (unpaired) electrons. The number of halogens is 2. The van der Waals surface area contributed by atoms with E-state index in [0.717, 1.165) is 10.0 Å². The van der Waals surface area contributed by atoms with Gasteiger partial charge in [-0.3, -0.25) is 4.79 Å². The fourth-order valence-electron chi connectivity index (χ4n) is 1.58. The minimum Gasteiger partial charge on any atom is -0.495 e. The predicted molar refractivity (Wildman–Crippen MR) is 78.1 cm³/mol. The lowest BCUT2D eigenvalue weighted by Gasteiger charge is -2.05. The molecule has 0 N–H and O–H groups in total. The Balaban J connectivity index is 2.21. The van der Waals surface area contributed by atoms with Gasteiger partial charge in [0.25, 0.3) is 0 Å². The average Bonchev–Trinajstić information content (AvgIpc) is 2.81. The second-order valence-corrected chi connectivity index (χ2v) is 5.89. The van der Waals surface area contributed by atoms with Gasteiger partial charge in [0.2, 0.25) is 0 Å². The van der Waals surface area contributed by atoms with E-state index in [-0.39, 0.29) is 12.2 Å². The van der Waals surface area contributed by atoms with E-state index < -0.39 is 0 Å². The molecule has 0 fully saturated rings. The predicted octanol–water partition coefficient (Wildman–Crippen LogP) is 4.60. The van der Waals surface area contributed by atoms with Crippen molar-refractivity contribution in [1.29, 1.82) is 0 Å². The third-order valence-corrected chi connectivity index (χ3v) is 4.25. The van der Waals surface area contributed by atoms with Crippen LogP contribution in [-0.2, 0) is 6.42 Å². The molecule has 0 saturated heterocycles. The van der Waals surface area contributed by atoms with Gasteiger partial charge in [0.15, 0.2) is 5.78 Å². The molecule has 0 aliphatic heterocycles. The minimum atomic E-state index is 0.0195. The summed E-state index contributed by atoms with van der Waals surface area (Å²) in [4.78, 5) is 12.8. The second-order valence-electron chi connectivity index (χ2n) is 3.65. The molecule has 94 valence electrons. The smallest absolute Gasteiger partial charge is 0.180 e. The molecular weight excluding hydrogens is 336 g/mol. The number of Topliss-reactive ketones (excluding diaryl/α,β-unsaturated/α-hetero) is 1. The number of thiophene rings is 1. The third-order valence-electron chi connectivity index (χ3n) is 2.47. The van der Waals surface area contributed by atoms with Crippen LogP contribution in [0.1, 0.15) is 15.2 Å².